The molecule has 6 nitrogen and oxygen atoms in total. The smallest absolute Gasteiger partial charge is 0.223 e. The van der Waals surface area contributed by atoms with Gasteiger partial charge >= 0.3 is 0 Å². The lowest BCUT2D eigenvalue weighted by molar-refractivity contribution is -0.122. The van der Waals surface area contributed by atoms with Crippen molar-refractivity contribution in [2.24, 2.45) is 5.92 Å². The minimum Gasteiger partial charge on any atom is -0.497 e. The van der Waals surface area contributed by atoms with E-state index in [0.29, 0.717) is 37.0 Å². The Morgan fingerprint density at radius 2 is 1.87 bits per heavy atom. The van der Waals surface area contributed by atoms with Gasteiger partial charge in [-0.05, 0) is 74.7 Å². The molecule has 0 aliphatic carbocycles. The van der Waals surface area contributed by atoms with Crippen LogP contribution in [0.25, 0.3) is 0 Å². The van der Waals surface area contributed by atoms with Crippen LogP contribution in [0, 0.1) is 12.8 Å². The Hall–Kier alpha value is -2.73. The van der Waals surface area contributed by atoms with Gasteiger partial charge in [-0.25, -0.2) is 0 Å². The summed E-state index contributed by atoms with van der Waals surface area (Å²) in [5.41, 5.74) is 2.36. The van der Waals surface area contributed by atoms with Gasteiger partial charge in [0.1, 0.15) is 5.75 Å². The number of ether oxygens (including phenoxy) is 3. The monoisotopic (exact) mass is 426 g/mol. The first kappa shape index (κ1) is 22.9. The summed E-state index contributed by atoms with van der Waals surface area (Å²) in [6.45, 7) is 4.04. The molecule has 1 heterocycles. The van der Waals surface area contributed by atoms with E-state index in [1.807, 2.05) is 37.3 Å². The molecule has 168 valence electrons. The predicted octanol–water partition coefficient (Wildman–Crippen LogP) is 3.98. The fourth-order valence-corrected chi connectivity index (χ4v) is 4.28. The maximum Gasteiger partial charge on any atom is 0.223 e. The lowest BCUT2D eigenvalue weighted by atomic mass is 9.85. The highest BCUT2D eigenvalue weighted by atomic mass is 16.5. The van der Waals surface area contributed by atoms with E-state index in [0.717, 1.165) is 30.7 Å². The molecule has 2 unspecified atom stereocenters. The number of amides is 1. The Balaban J connectivity index is 1.51. The molecular weight excluding hydrogens is 392 g/mol. The second kappa shape index (κ2) is 11.0. The van der Waals surface area contributed by atoms with Crippen LogP contribution in [0.5, 0.6) is 17.2 Å². The molecule has 1 aliphatic heterocycles. The first-order chi connectivity index (χ1) is 15.0. The summed E-state index contributed by atoms with van der Waals surface area (Å²) in [7, 11) is 5.46. The van der Waals surface area contributed by atoms with E-state index in [1.165, 1.54) is 5.56 Å². The first-order valence-corrected chi connectivity index (χ1v) is 10.9. The highest BCUT2D eigenvalue weighted by Crippen LogP contribution is 2.35. The van der Waals surface area contributed by atoms with Crippen molar-refractivity contribution in [3.8, 4) is 17.2 Å². The summed E-state index contributed by atoms with van der Waals surface area (Å²) in [5, 5.41) is 3.12. The van der Waals surface area contributed by atoms with Crippen LogP contribution in [0.4, 0.5) is 0 Å². The SMILES string of the molecule is COc1ccc(C2C(CNC(=O)CCOc3ccc(C)cc3OC)CCCN2C)cc1. The van der Waals surface area contributed by atoms with E-state index in [1.54, 1.807) is 14.2 Å². The third-order valence-electron chi connectivity index (χ3n) is 5.93. The van der Waals surface area contributed by atoms with Crippen molar-refractivity contribution in [2.45, 2.75) is 32.2 Å². The minimum absolute atomic E-state index is 0.00721. The molecule has 1 fully saturated rings. The number of carbonyl (C=O) groups excluding carboxylic acids is 1. The van der Waals surface area contributed by atoms with E-state index in [4.69, 9.17) is 14.2 Å². The molecule has 0 aromatic heterocycles. The Bertz CT molecular complexity index is 853. The average Bonchev–Trinajstić information content (AvgIpc) is 2.78. The molecule has 6 heteroatoms. The Labute approximate surface area is 185 Å². The van der Waals surface area contributed by atoms with Gasteiger partial charge in [0, 0.05) is 12.6 Å². The van der Waals surface area contributed by atoms with Crippen LogP contribution in [0.15, 0.2) is 42.5 Å². The molecule has 3 rings (SSSR count). The largest absolute Gasteiger partial charge is 0.497 e. The summed E-state index contributed by atoms with van der Waals surface area (Å²) in [6, 6.07) is 14.3. The lowest BCUT2D eigenvalue weighted by Crippen LogP contribution is -2.42. The fraction of sp³-hybridized carbons (Fsp3) is 0.480. The van der Waals surface area contributed by atoms with Gasteiger partial charge in [-0.2, -0.15) is 0 Å². The van der Waals surface area contributed by atoms with Crippen LogP contribution in [0.3, 0.4) is 0 Å². The number of hydrogen-bond donors (Lipinski definition) is 1. The second-order valence-corrected chi connectivity index (χ2v) is 8.16. The maximum absolute atomic E-state index is 12.4. The second-order valence-electron chi connectivity index (χ2n) is 8.16. The van der Waals surface area contributed by atoms with Crippen molar-refractivity contribution in [1.29, 1.82) is 0 Å². The lowest BCUT2D eigenvalue weighted by Gasteiger charge is -2.39. The standard InChI is InChI=1S/C25H34N2O4/c1-18-7-12-22(23(16-18)30-4)31-15-13-24(28)26-17-20-6-5-14-27(2)25(20)19-8-10-21(29-3)11-9-19/h7-12,16,20,25H,5-6,13-15,17H2,1-4H3,(H,26,28). The molecule has 2 aromatic rings. The van der Waals surface area contributed by atoms with Gasteiger partial charge in [0.15, 0.2) is 11.5 Å². The fourth-order valence-electron chi connectivity index (χ4n) is 4.28. The molecule has 1 aliphatic rings. The van der Waals surface area contributed by atoms with Crippen molar-refractivity contribution in [3.05, 3.63) is 53.6 Å². The van der Waals surface area contributed by atoms with Crippen molar-refractivity contribution in [1.82, 2.24) is 10.2 Å². The van der Waals surface area contributed by atoms with Gasteiger partial charge in [-0.15, -0.1) is 0 Å². The Morgan fingerprint density at radius 3 is 2.58 bits per heavy atom. The number of piperidine rings is 1. The Kier molecular flexibility index (Phi) is 8.18. The van der Waals surface area contributed by atoms with Crippen LogP contribution in [0.2, 0.25) is 0 Å². The van der Waals surface area contributed by atoms with Crippen molar-refractivity contribution in [2.75, 3.05) is 41.0 Å². The highest BCUT2D eigenvalue weighted by Gasteiger charge is 2.30. The zero-order valence-corrected chi connectivity index (χ0v) is 19.0. The molecule has 1 amide bonds. The number of aryl methyl sites for hydroxylation is 1. The van der Waals surface area contributed by atoms with Crippen LogP contribution in [0.1, 0.15) is 36.4 Å². The molecule has 0 bridgehead atoms. The van der Waals surface area contributed by atoms with E-state index >= 15 is 0 Å². The molecule has 2 aromatic carbocycles. The van der Waals surface area contributed by atoms with Gasteiger partial charge in [0.2, 0.25) is 5.91 Å². The summed E-state index contributed by atoms with van der Waals surface area (Å²) in [4.78, 5) is 14.8. The van der Waals surface area contributed by atoms with Gasteiger partial charge in [-0.1, -0.05) is 18.2 Å². The number of methoxy groups -OCH3 is 2. The van der Waals surface area contributed by atoms with Gasteiger partial charge in [0.05, 0.1) is 27.2 Å². The third-order valence-corrected chi connectivity index (χ3v) is 5.93. The molecular formula is C25H34N2O4. The summed E-state index contributed by atoms with van der Waals surface area (Å²) < 4.78 is 16.4. The first-order valence-electron chi connectivity index (χ1n) is 10.9. The van der Waals surface area contributed by atoms with Crippen LogP contribution < -0.4 is 19.5 Å². The van der Waals surface area contributed by atoms with Gasteiger partial charge in [0.25, 0.3) is 0 Å². The number of nitrogens with one attached hydrogen (secondary N) is 1. The summed E-state index contributed by atoms with van der Waals surface area (Å²) in [6.07, 6.45) is 2.55. The molecule has 31 heavy (non-hydrogen) atoms. The zero-order chi connectivity index (χ0) is 22.2. The zero-order valence-electron chi connectivity index (χ0n) is 19.0. The molecule has 1 N–H and O–H groups in total. The molecule has 0 spiro atoms. The molecule has 2 atom stereocenters. The van der Waals surface area contributed by atoms with Crippen molar-refractivity contribution < 1.29 is 19.0 Å². The summed E-state index contributed by atoms with van der Waals surface area (Å²) >= 11 is 0. The number of carbonyl (C=O) groups is 1. The topological polar surface area (TPSA) is 60.0 Å². The van der Waals surface area contributed by atoms with E-state index in [-0.39, 0.29) is 11.9 Å². The molecule has 0 saturated carbocycles. The van der Waals surface area contributed by atoms with Crippen LogP contribution in [-0.4, -0.2) is 51.8 Å². The van der Waals surface area contributed by atoms with E-state index in [2.05, 4.69) is 29.4 Å². The molecule has 0 radical (unpaired) electrons. The van der Waals surface area contributed by atoms with Crippen LogP contribution in [-0.2, 0) is 4.79 Å². The minimum atomic E-state index is 0.00721. The van der Waals surface area contributed by atoms with Crippen molar-refractivity contribution >= 4 is 5.91 Å². The maximum atomic E-state index is 12.4. The van der Waals surface area contributed by atoms with Crippen molar-refractivity contribution in [3.63, 3.8) is 0 Å². The van der Waals surface area contributed by atoms with E-state index in [9.17, 15) is 4.79 Å². The van der Waals surface area contributed by atoms with E-state index < -0.39 is 0 Å². The third kappa shape index (κ3) is 6.14. The number of benzene rings is 2. The van der Waals surface area contributed by atoms with Gasteiger partial charge in [-0.3, -0.25) is 9.69 Å². The number of rotatable bonds is 9. The predicted molar refractivity (Wildman–Crippen MR) is 122 cm³/mol. The average molecular weight is 427 g/mol. The Morgan fingerprint density at radius 1 is 1.10 bits per heavy atom. The highest BCUT2D eigenvalue weighted by molar-refractivity contribution is 5.76. The number of hydrogen-bond acceptors (Lipinski definition) is 5. The normalized spacial score (nSPS) is 19.0. The van der Waals surface area contributed by atoms with Gasteiger partial charge < -0.3 is 19.5 Å². The number of likely N-dealkylation sites (tertiary alicyclic amines) is 1. The number of nitrogens with zero attached hydrogens (tertiary/aromatic N) is 1. The van der Waals surface area contributed by atoms with Crippen LogP contribution >= 0.6 is 0 Å². The summed E-state index contributed by atoms with van der Waals surface area (Å²) in [5.74, 6) is 2.58. The molecule has 1 saturated heterocycles. The quantitative estimate of drug-likeness (QED) is 0.657.